The van der Waals surface area contributed by atoms with Crippen molar-refractivity contribution in [2.24, 2.45) is 33.5 Å². The standard InChI is InChI=1S/C24H32O5/c1-5-19(26)29-15-24-12-8-17-21(2)9-6-10-22(3,20(27)28-4)16(21)7-11-23(17,14-24)13-18(24)25/h1,16-17H,6-15H2,2-4H3/t16?,17?,21-,22-,23+,24+/m1/s1. The second-order valence-electron chi connectivity index (χ2n) is 10.6. The molecule has 2 unspecified atom stereocenters. The molecular weight excluding hydrogens is 368 g/mol. The van der Waals surface area contributed by atoms with E-state index < -0.39 is 16.8 Å². The fourth-order valence-corrected chi connectivity index (χ4v) is 8.26. The summed E-state index contributed by atoms with van der Waals surface area (Å²) in [4.78, 5) is 37.4. The molecule has 5 heteroatoms. The molecule has 0 aromatic heterocycles. The van der Waals surface area contributed by atoms with Crippen LogP contribution < -0.4 is 0 Å². The minimum absolute atomic E-state index is 0.0303. The van der Waals surface area contributed by atoms with Crippen LogP contribution in [0.3, 0.4) is 0 Å². The summed E-state index contributed by atoms with van der Waals surface area (Å²) in [5, 5.41) is 0. The number of Topliss-reactive ketones (excluding diaryl/α,β-unsaturated/α-hetero) is 1. The predicted molar refractivity (Wildman–Crippen MR) is 106 cm³/mol. The van der Waals surface area contributed by atoms with Crippen LogP contribution >= 0.6 is 0 Å². The lowest BCUT2D eigenvalue weighted by Crippen LogP contribution is -2.59. The van der Waals surface area contributed by atoms with Gasteiger partial charge in [-0.1, -0.05) is 13.3 Å². The lowest BCUT2D eigenvalue weighted by Gasteiger charge is -2.63. The van der Waals surface area contributed by atoms with Crippen molar-refractivity contribution in [2.75, 3.05) is 13.7 Å². The number of carbonyl (C=O) groups excluding carboxylic acids is 3. The quantitative estimate of drug-likeness (QED) is 0.411. The van der Waals surface area contributed by atoms with E-state index in [1.54, 1.807) is 0 Å². The summed E-state index contributed by atoms with van der Waals surface area (Å²) in [7, 11) is 1.49. The van der Waals surface area contributed by atoms with Crippen LogP contribution in [0.2, 0.25) is 0 Å². The molecule has 4 aliphatic rings. The van der Waals surface area contributed by atoms with Crippen molar-refractivity contribution < 1.29 is 23.9 Å². The minimum Gasteiger partial charge on any atom is -0.469 e. The van der Waals surface area contributed by atoms with Gasteiger partial charge in [0.15, 0.2) is 0 Å². The Hall–Kier alpha value is -1.83. The lowest BCUT2D eigenvalue weighted by molar-refractivity contribution is -0.187. The molecule has 0 radical (unpaired) electrons. The number of hydrogen-bond acceptors (Lipinski definition) is 5. The summed E-state index contributed by atoms with van der Waals surface area (Å²) >= 11 is 0. The second-order valence-corrected chi connectivity index (χ2v) is 10.6. The lowest BCUT2D eigenvalue weighted by atomic mass is 9.40. The molecule has 0 aliphatic heterocycles. The van der Waals surface area contributed by atoms with Crippen LogP contribution in [0.1, 0.15) is 71.6 Å². The van der Waals surface area contributed by atoms with Crippen LogP contribution in [-0.4, -0.2) is 31.4 Å². The molecular formula is C24H32O5. The van der Waals surface area contributed by atoms with E-state index in [2.05, 4.69) is 13.8 Å². The number of esters is 2. The van der Waals surface area contributed by atoms with Gasteiger partial charge in [-0.05, 0) is 74.5 Å². The topological polar surface area (TPSA) is 69.7 Å². The zero-order valence-electron chi connectivity index (χ0n) is 17.8. The molecule has 0 N–H and O–H groups in total. The van der Waals surface area contributed by atoms with Crippen molar-refractivity contribution >= 4 is 17.7 Å². The highest BCUT2D eigenvalue weighted by molar-refractivity contribution is 5.90. The van der Waals surface area contributed by atoms with E-state index in [1.807, 2.05) is 5.92 Å². The molecule has 0 amide bonds. The van der Waals surface area contributed by atoms with Gasteiger partial charge in [-0.15, -0.1) is 6.42 Å². The molecule has 4 saturated carbocycles. The minimum atomic E-state index is -0.688. The maximum absolute atomic E-state index is 13.2. The van der Waals surface area contributed by atoms with Crippen LogP contribution in [0.15, 0.2) is 0 Å². The highest BCUT2D eigenvalue weighted by Gasteiger charge is 2.69. The number of hydrogen-bond donors (Lipinski definition) is 0. The molecule has 4 aliphatic carbocycles. The van der Waals surface area contributed by atoms with E-state index in [9.17, 15) is 14.4 Å². The second kappa shape index (κ2) is 6.59. The largest absolute Gasteiger partial charge is 0.469 e. The maximum atomic E-state index is 13.2. The van der Waals surface area contributed by atoms with E-state index in [1.165, 1.54) is 7.11 Å². The van der Waals surface area contributed by atoms with Gasteiger partial charge in [0.2, 0.25) is 0 Å². The summed E-state index contributed by atoms with van der Waals surface area (Å²) in [5.74, 6) is 2.15. The Morgan fingerprint density at radius 3 is 2.55 bits per heavy atom. The first-order valence-corrected chi connectivity index (χ1v) is 10.9. The van der Waals surface area contributed by atoms with Crippen LogP contribution in [0.5, 0.6) is 0 Å². The highest BCUT2D eigenvalue weighted by Crippen LogP contribution is 2.73. The predicted octanol–water partition coefficient (Wildman–Crippen LogP) is 3.69. The fraction of sp³-hybridized carbons (Fsp3) is 0.792. The first-order chi connectivity index (χ1) is 13.7. The third kappa shape index (κ3) is 2.71. The van der Waals surface area contributed by atoms with Crippen molar-refractivity contribution in [3.05, 3.63) is 0 Å². The Balaban J connectivity index is 1.64. The monoisotopic (exact) mass is 400 g/mol. The van der Waals surface area contributed by atoms with Crippen molar-refractivity contribution in [1.29, 1.82) is 0 Å². The van der Waals surface area contributed by atoms with E-state index >= 15 is 0 Å². The number of carbonyl (C=O) groups is 3. The van der Waals surface area contributed by atoms with Gasteiger partial charge in [-0.2, -0.15) is 0 Å². The van der Waals surface area contributed by atoms with E-state index in [0.29, 0.717) is 12.3 Å². The average Bonchev–Trinajstić information content (AvgIpc) is 2.90. The van der Waals surface area contributed by atoms with Crippen molar-refractivity contribution in [3.63, 3.8) is 0 Å². The highest BCUT2D eigenvalue weighted by atomic mass is 16.5. The van der Waals surface area contributed by atoms with Crippen LogP contribution in [-0.2, 0) is 23.9 Å². The SMILES string of the molecule is C#CC(=O)OC[C@@]12CCC3[C@@](CCC4[C@@]3(C)CCC[C@@]4(C)C(=O)OC)(CC1=O)C2. The molecule has 0 aromatic rings. The van der Waals surface area contributed by atoms with E-state index in [0.717, 1.165) is 51.4 Å². The van der Waals surface area contributed by atoms with Gasteiger partial charge in [0.1, 0.15) is 12.4 Å². The number of rotatable bonds is 3. The Morgan fingerprint density at radius 2 is 1.86 bits per heavy atom. The van der Waals surface area contributed by atoms with Crippen molar-refractivity contribution in [1.82, 2.24) is 0 Å². The van der Waals surface area contributed by atoms with Gasteiger partial charge >= 0.3 is 11.9 Å². The molecule has 0 aromatic carbocycles. The number of ketones is 1. The van der Waals surface area contributed by atoms with Crippen molar-refractivity contribution in [2.45, 2.75) is 71.6 Å². The molecule has 29 heavy (non-hydrogen) atoms. The Labute approximate surface area is 173 Å². The van der Waals surface area contributed by atoms with E-state index in [-0.39, 0.29) is 35.1 Å². The third-order valence-electron chi connectivity index (χ3n) is 9.40. The number of fused-ring (bicyclic) bond motifs is 3. The van der Waals surface area contributed by atoms with Gasteiger partial charge in [-0.25, -0.2) is 4.79 Å². The molecule has 0 saturated heterocycles. The first-order valence-electron chi connectivity index (χ1n) is 10.9. The zero-order valence-corrected chi connectivity index (χ0v) is 17.8. The number of methoxy groups -OCH3 is 1. The Bertz CT molecular complexity index is 796. The molecule has 4 fully saturated rings. The Morgan fingerprint density at radius 1 is 1.14 bits per heavy atom. The van der Waals surface area contributed by atoms with Crippen molar-refractivity contribution in [3.8, 4) is 12.3 Å². The van der Waals surface area contributed by atoms with Crippen LogP contribution in [0.25, 0.3) is 0 Å². The summed E-state index contributed by atoms with van der Waals surface area (Å²) in [6.45, 7) is 4.56. The van der Waals surface area contributed by atoms with Gasteiger partial charge < -0.3 is 9.47 Å². The number of terminal acetylenes is 1. The normalized spacial score (nSPS) is 45.5. The molecule has 1 spiro atoms. The van der Waals surface area contributed by atoms with Gasteiger partial charge in [0, 0.05) is 12.3 Å². The van der Waals surface area contributed by atoms with Crippen LogP contribution in [0.4, 0.5) is 0 Å². The zero-order chi connectivity index (χ0) is 21.1. The molecule has 4 rings (SSSR count). The van der Waals surface area contributed by atoms with Gasteiger partial charge in [-0.3, -0.25) is 9.59 Å². The first kappa shape index (κ1) is 20.4. The van der Waals surface area contributed by atoms with Gasteiger partial charge in [0.25, 0.3) is 0 Å². The summed E-state index contributed by atoms with van der Waals surface area (Å²) in [5.41, 5.74) is -1.00. The number of ether oxygens (including phenoxy) is 2. The van der Waals surface area contributed by atoms with E-state index in [4.69, 9.17) is 15.9 Å². The third-order valence-corrected chi connectivity index (χ3v) is 9.40. The van der Waals surface area contributed by atoms with Crippen LogP contribution in [0, 0.1) is 45.8 Å². The smallest absolute Gasteiger partial charge is 0.384 e. The molecule has 158 valence electrons. The maximum Gasteiger partial charge on any atom is 0.384 e. The molecule has 0 heterocycles. The summed E-state index contributed by atoms with van der Waals surface area (Å²) < 4.78 is 10.5. The fourth-order valence-electron chi connectivity index (χ4n) is 8.26. The average molecular weight is 401 g/mol. The molecule has 6 atom stereocenters. The molecule has 2 bridgehead atoms. The summed E-state index contributed by atoms with van der Waals surface area (Å²) in [6.07, 6.45) is 13.1. The molecule has 5 nitrogen and oxygen atoms in total. The summed E-state index contributed by atoms with van der Waals surface area (Å²) in [6, 6.07) is 0. The Kier molecular flexibility index (Phi) is 4.64. The van der Waals surface area contributed by atoms with Gasteiger partial charge in [0.05, 0.1) is 17.9 Å².